The molecule has 2 aliphatic rings. The molecule has 5 nitrogen and oxygen atoms in total. The number of likely N-dealkylation sites (tertiary alicyclic amines) is 2. The molecule has 0 bridgehead atoms. The molecule has 0 spiro atoms. The van der Waals surface area contributed by atoms with Gasteiger partial charge in [-0.05, 0) is 70.8 Å². The van der Waals surface area contributed by atoms with E-state index < -0.39 is 0 Å². The first-order valence-corrected chi connectivity index (χ1v) is 11.6. The van der Waals surface area contributed by atoms with E-state index in [2.05, 4.69) is 33.4 Å². The van der Waals surface area contributed by atoms with E-state index in [0.29, 0.717) is 12.1 Å². The first-order chi connectivity index (χ1) is 14.0. The maximum atomic E-state index is 12.9. The molecule has 0 saturated carbocycles. The predicted molar refractivity (Wildman–Crippen MR) is 120 cm³/mol. The number of nitrogens with zero attached hydrogens (tertiary/aromatic N) is 2. The molecule has 0 unspecified atom stereocenters. The molecule has 1 amide bonds. The van der Waals surface area contributed by atoms with Gasteiger partial charge >= 0.3 is 0 Å². The molecule has 2 N–H and O–H groups in total. The minimum atomic E-state index is -0.0381. The lowest BCUT2D eigenvalue weighted by molar-refractivity contribution is -0.127. The second kappa shape index (κ2) is 10.8. The third kappa shape index (κ3) is 6.17. The molecule has 1 aromatic rings. The van der Waals surface area contributed by atoms with Crippen LogP contribution in [-0.2, 0) is 11.3 Å². The van der Waals surface area contributed by atoms with E-state index in [-0.39, 0.29) is 18.0 Å². The summed E-state index contributed by atoms with van der Waals surface area (Å²) in [5, 5.41) is 7.60. The van der Waals surface area contributed by atoms with E-state index in [4.69, 9.17) is 11.6 Å². The summed E-state index contributed by atoms with van der Waals surface area (Å²) in [6, 6.07) is 8.92. The van der Waals surface area contributed by atoms with E-state index in [9.17, 15) is 4.79 Å². The topological polar surface area (TPSA) is 47.6 Å². The van der Waals surface area contributed by atoms with E-state index in [1.54, 1.807) is 0 Å². The first kappa shape index (κ1) is 22.5. The summed E-state index contributed by atoms with van der Waals surface area (Å²) in [5.41, 5.74) is 1.11. The van der Waals surface area contributed by atoms with Crippen molar-refractivity contribution in [1.82, 2.24) is 20.4 Å². The van der Waals surface area contributed by atoms with E-state index in [0.717, 1.165) is 56.0 Å². The van der Waals surface area contributed by atoms with Crippen molar-refractivity contribution >= 4 is 17.5 Å². The van der Waals surface area contributed by atoms with Gasteiger partial charge in [-0.3, -0.25) is 9.69 Å². The molecular weight excluding hydrogens is 384 g/mol. The van der Waals surface area contributed by atoms with Crippen LogP contribution in [0.2, 0.25) is 5.02 Å². The van der Waals surface area contributed by atoms with Gasteiger partial charge in [0, 0.05) is 36.2 Å². The Hall–Kier alpha value is -1.14. The summed E-state index contributed by atoms with van der Waals surface area (Å²) in [6.07, 6.45) is 4.38. The van der Waals surface area contributed by atoms with Crippen molar-refractivity contribution in [3.8, 4) is 0 Å². The molecule has 6 heteroatoms. The Morgan fingerprint density at radius 3 is 2.62 bits per heavy atom. The minimum Gasteiger partial charge on any atom is -0.353 e. The lowest BCUT2D eigenvalue weighted by atomic mass is 10.0. The molecule has 2 saturated heterocycles. The summed E-state index contributed by atoms with van der Waals surface area (Å²) >= 11 is 6.32. The molecule has 2 fully saturated rings. The van der Waals surface area contributed by atoms with Gasteiger partial charge < -0.3 is 15.5 Å². The summed E-state index contributed by atoms with van der Waals surface area (Å²) in [5.74, 6) is 0.179. The van der Waals surface area contributed by atoms with Crippen LogP contribution in [0.25, 0.3) is 0 Å². The lowest BCUT2D eigenvalue weighted by Crippen LogP contribution is -2.52. The molecule has 3 rings (SSSR count). The van der Waals surface area contributed by atoms with Crippen LogP contribution in [0.1, 0.15) is 52.0 Å². The van der Waals surface area contributed by atoms with Gasteiger partial charge in [-0.25, -0.2) is 0 Å². The largest absolute Gasteiger partial charge is 0.353 e. The van der Waals surface area contributed by atoms with Crippen molar-refractivity contribution in [1.29, 1.82) is 0 Å². The summed E-state index contributed by atoms with van der Waals surface area (Å²) in [6.45, 7) is 11.5. The fourth-order valence-electron chi connectivity index (χ4n) is 4.74. The van der Waals surface area contributed by atoms with Crippen LogP contribution in [0.4, 0.5) is 0 Å². The average Bonchev–Trinajstić information content (AvgIpc) is 3.12. The quantitative estimate of drug-likeness (QED) is 0.677. The van der Waals surface area contributed by atoms with E-state index >= 15 is 0 Å². The average molecular weight is 421 g/mol. The van der Waals surface area contributed by atoms with Crippen LogP contribution in [0.15, 0.2) is 24.3 Å². The highest BCUT2D eigenvalue weighted by molar-refractivity contribution is 6.31. The van der Waals surface area contributed by atoms with Crippen LogP contribution in [0.3, 0.4) is 0 Å². The predicted octanol–water partition coefficient (Wildman–Crippen LogP) is 3.27. The molecule has 2 atom stereocenters. The number of benzene rings is 1. The van der Waals surface area contributed by atoms with Gasteiger partial charge in [0.2, 0.25) is 5.91 Å². The van der Waals surface area contributed by atoms with E-state index in [1.165, 1.54) is 13.0 Å². The van der Waals surface area contributed by atoms with Crippen LogP contribution < -0.4 is 10.6 Å². The summed E-state index contributed by atoms with van der Waals surface area (Å²) in [7, 11) is 0. The Balaban J connectivity index is 1.62. The number of carbonyl (C=O) groups excluding carboxylic acids is 1. The number of hydrogen-bond acceptors (Lipinski definition) is 4. The summed E-state index contributed by atoms with van der Waals surface area (Å²) in [4.78, 5) is 18.0. The maximum absolute atomic E-state index is 12.9. The highest BCUT2D eigenvalue weighted by Gasteiger charge is 2.41. The van der Waals surface area contributed by atoms with Crippen LogP contribution in [0.5, 0.6) is 0 Å². The third-order valence-electron chi connectivity index (χ3n) is 6.18. The number of halogens is 1. The van der Waals surface area contributed by atoms with Gasteiger partial charge in [0.15, 0.2) is 0 Å². The molecule has 1 aromatic carbocycles. The number of carbonyl (C=O) groups is 1. The summed E-state index contributed by atoms with van der Waals surface area (Å²) < 4.78 is 0. The molecule has 29 heavy (non-hydrogen) atoms. The molecular formula is C23H37ClN4O. The highest BCUT2D eigenvalue weighted by Crippen LogP contribution is 2.27. The monoisotopic (exact) mass is 420 g/mol. The van der Waals surface area contributed by atoms with Crippen molar-refractivity contribution in [3.63, 3.8) is 0 Å². The standard InChI is InChI=1S/C23H37ClN4O/c1-4-11-27-12-9-20(10-13-27)28-16-19(14-22(28)23(29)26-17(2)3)25-15-18-7-5-6-8-21(18)24/h5-8,17,19-20,22,25H,4,9-16H2,1-3H3,(H,26,29)/t19-,22+/m1/s1. The fourth-order valence-corrected chi connectivity index (χ4v) is 4.94. The molecule has 162 valence electrons. The number of piperidine rings is 1. The lowest BCUT2D eigenvalue weighted by Gasteiger charge is -2.39. The normalized spacial score (nSPS) is 24.3. The number of rotatable bonds is 8. The first-order valence-electron chi connectivity index (χ1n) is 11.2. The Kier molecular flexibility index (Phi) is 8.36. The van der Waals surface area contributed by atoms with Crippen molar-refractivity contribution < 1.29 is 4.79 Å². The van der Waals surface area contributed by atoms with Gasteiger partial charge in [0.05, 0.1) is 6.04 Å². The zero-order valence-electron chi connectivity index (χ0n) is 18.2. The zero-order chi connectivity index (χ0) is 20.8. The van der Waals surface area contributed by atoms with Crippen LogP contribution >= 0.6 is 11.6 Å². The molecule has 0 radical (unpaired) electrons. The Morgan fingerprint density at radius 1 is 1.24 bits per heavy atom. The molecule has 0 aliphatic carbocycles. The number of hydrogen-bond donors (Lipinski definition) is 2. The molecule has 2 aliphatic heterocycles. The molecule has 2 heterocycles. The van der Waals surface area contributed by atoms with Crippen molar-refractivity contribution in [2.75, 3.05) is 26.2 Å². The maximum Gasteiger partial charge on any atom is 0.237 e. The third-order valence-corrected chi connectivity index (χ3v) is 6.55. The van der Waals surface area contributed by atoms with Gasteiger partial charge in [0.1, 0.15) is 0 Å². The number of nitrogens with one attached hydrogen (secondary N) is 2. The Labute approximate surface area is 181 Å². The van der Waals surface area contributed by atoms with E-state index in [1.807, 2.05) is 32.0 Å². The Bertz CT molecular complexity index is 660. The van der Waals surface area contributed by atoms with Crippen molar-refractivity contribution in [2.24, 2.45) is 0 Å². The van der Waals surface area contributed by atoms with Crippen molar-refractivity contribution in [2.45, 2.75) is 77.2 Å². The van der Waals surface area contributed by atoms with Crippen molar-refractivity contribution in [3.05, 3.63) is 34.9 Å². The van der Waals surface area contributed by atoms with Gasteiger partial charge in [0.25, 0.3) is 0 Å². The molecule has 0 aromatic heterocycles. The zero-order valence-corrected chi connectivity index (χ0v) is 18.9. The highest BCUT2D eigenvalue weighted by atomic mass is 35.5. The number of amides is 1. The minimum absolute atomic E-state index is 0.0381. The second-order valence-corrected chi connectivity index (χ2v) is 9.26. The second-order valence-electron chi connectivity index (χ2n) is 8.85. The van der Waals surface area contributed by atoms with Gasteiger partial charge in [-0.15, -0.1) is 0 Å². The van der Waals surface area contributed by atoms with Gasteiger partial charge in [-0.1, -0.05) is 36.7 Å². The van der Waals surface area contributed by atoms with Gasteiger partial charge in [-0.2, -0.15) is 0 Å². The Morgan fingerprint density at radius 2 is 1.97 bits per heavy atom. The van der Waals surface area contributed by atoms with Crippen LogP contribution in [-0.4, -0.2) is 66.1 Å². The SMILES string of the molecule is CCCN1CCC(N2C[C@H](NCc3ccccc3Cl)C[C@H]2C(=O)NC(C)C)CC1. The smallest absolute Gasteiger partial charge is 0.237 e. The fraction of sp³-hybridized carbons (Fsp3) is 0.696. The van der Waals surface area contributed by atoms with Crippen LogP contribution in [0, 0.1) is 0 Å².